The second-order valence-corrected chi connectivity index (χ2v) is 19.6. The van der Waals surface area contributed by atoms with Crippen molar-refractivity contribution in [2.75, 3.05) is 6.61 Å². The molecule has 0 aliphatic carbocycles. The molecule has 1 aromatic carbocycles. The maximum absolute atomic E-state index is 11.2. The SMILES string of the molecule is [O]CCCc1ccc(C(Cl)(Cl)C(Cl)(Cl)C(Cl)(Cl)C(Cl)(Cl)Cl)cc1C(Cl)(Cl)C(Cl)(Cl)C(Cl)(Cl)C(Cl)(Cl)Cl. The third kappa shape index (κ3) is 7.03. The molecule has 0 aliphatic rings. The molecule has 36 heavy (non-hydrogen) atoms. The predicted molar refractivity (Wildman–Crippen MR) is 165 cm³/mol. The molecule has 0 unspecified atom stereocenters. The number of alkyl halides is 18. The Hall–Kier alpha value is 4.40. The van der Waals surface area contributed by atoms with Crippen molar-refractivity contribution in [1.82, 2.24) is 0 Å². The Morgan fingerprint density at radius 2 is 0.917 bits per heavy atom. The molecule has 0 atom stereocenters. The second kappa shape index (κ2) is 12.8. The molecule has 1 aromatic rings. The maximum atomic E-state index is 11.2. The zero-order chi connectivity index (χ0) is 29.0. The Morgan fingerprint density at radius 1 is 0.528 bits per heavy atom. The van der Waals surface area contributed by atoms with Crippen LogP contribution in [0.5, 0.6) is 0 Å². The Kier molecular flexibility index (Phi) is 13.7. The van der Waals surface area contributed by atoms with E-state index in [0.29, 0.717) is 5.56 Å². The van der Waals surface area contributed by atoms with Gasteiger partial charge < -0.3 is 0 Å². The number of hydrogen-bond donors (Lipinski definition) is 0. The second-order valence-electron chi connectivity index (χ2n) is 7.12. The van der Waals surface area contributed by atoms with Gasteiger partial charge in [-0.25, -0.2) is 5.11 Å². The van der Waals surface area contributed by atoms with Crippen molar-refractivity contribution < 1.29 is 5.11 Å². The highest BCUT2D eigenvalue weighted by molar-refractivity contribution is 6.81. The lowest BCUT2D eigenvalue weighted by Crippen LogP contribution is -2.55. The summed E-state index contributed by atoms with van der Waals surface area (Å²) in [7, 11) is 0. The molecule has 1 rings (SSSR count). The van der Waals surface area contributed by atoms with Gasteiger partial charge in [0.1, 0.15) is 0 Å². The average molecular weight is 867 g/mol. The van der Waals surface area contributed by atoms with E-state index < -0.39 is 40.2 Å². The molecule has 0 saturated heterocycles. The number of rotatable bonds is 9. The van der Waals surface area contributed by atoms with Gasteiger partial charge in [-0.2, -0.15) is 0 Å². The summed E-state index contributed by atoms with van der Waals surface area (Å²) in [5.74, 6) is 0. The molecule has 209 valence electrons. The fourth-order valence-corrected chi connectivity index (χ4v) is 7.17. The first-order valence-corrected chi connectivity index (χ1v) is 15.6. The molecule has 0 heterocycles. The Morgan fingerprint density at radius 3 is 1.28 bits per heavy atom. The number of hydrogen-bond acceptors (Lipinski definition) is 0. The van der Waals surface area contributed by atoms with E-state index in [1.165, 1.54) is 18.2 Å². The van der Waals surface area contributed by atoms with Crippen LogP contribution in [0, 0.1) is 0 Å². The van der Waals surface area contributed by atoms with Crippen LogP contribution in [0.2, 0.25) is 0 Å². The molecule has 1 nitrogen and oxygen atoms in total. The summed E-state index contributed by atoms with van der Waals surface area (Å²) in [6.07, 6.45) is 0.246. The van der Waals surface area contributed by atoms with Crippen LogP contribution in [0.3, 0.4) is 0 Å². The van der Waals surface area contributed by atoms with Gasteiger partial charge in [-0.3, -0.25) is 0 Å². The molecule has 0 N–H and O–H groups in total. The van der Waals surface area contributed by atoms with E-state index in [0.717, 1.165) is 0 Å². The van der Waals surface area contributed by atoms with E-state index in [-0.39, 0.29) is 24.0 Å². The lowest BCUT2D eigenvalue weighted by atomic mass is 9.92. The number of benzene rings is 1. The number of halogens is 18. The fraction of sp³-hybridized carbons (Fsp3) is 0.647. The van der Waals surface area contributed by atoms with E-state index >= 15 is 0 Å². The van der Waals surface area contributed by atoms with E-state index in [9.17, 15) is 5.11 Å². The summed E-state index contributed by atoms with van der Waals surface area (Å²) in [6.45, 7) is -0.458. The van der Waals surface area contributed by atoms with Gasteiger partial charge in [-0.05, 0) is 35.6 Å². The molecule has 0 aromatic heterocycles. The fourth-order valence-electron chi connectivity index (χ4n) is 2.65. The van der Waals surface area contributed by atoms with Crippen LogP contribution in [-0.4, -0.2) is 31.5 Å². The largest absolute Gasteiger partial charge is 0.237 e. The van der Waals surface area contributed by atoms with E-state index in [2.05, 4.69) is 0 Å². The Labute approximate surface area is 298 Å². The van der Waals surface area contributed by atoms with Crippen molar-refractivity contribution in [1.29, 1.82) is 0 Å². The molecule has 0 bridgehead atoms. The van der Waals surface area contributed by atoms with Gasteiger partial charge in [0.2, 0.25) is 16.3 Å². The molecule has 0 amide bonds. The molecular formula is C17H9Cl18O. The lowest BCUT2D eigenvalue weighted by Gasteiger charge is -2.46. The third-order valence-electron chi connectivity index (χ3n) is 4.69. The van der Waals surface area contributed by atoms with Gasteiger partial charge in [0, 0.05) is 0 Å². The van der Waals surface area contributed by atoms with E-state index in [1.807, 2.05) is 0 Å². The summed E-state index contributed by atoms with van der Waals surface area (Å²) in [4.78, 5) is 0. The Balaban J connectivity index is 3.94. The first-order valence-electron chi connectivity index (χ1n) is 8.78. The standard InChI is InChI=1S/C17H9Cl18O/c18-10(19,12(22,23)14(26,27)16(30,31)32)8-4-3-7(2-1-5-36)9(6-8)11(20,21)13(24,25)15(28,29)17(33,34)35/h3-4,6H,1-2,5H2. The topological polar surface area (TPSA) is 19.9 Å². The monoisotopic (exact) mass is 859 g/mol. The number of aryl methyl sites for hydroxylation is 1. The van der Waals surface area contributed by atoms with Crippen molar-refractivity contribution in [3.05, 3.63) is 34.9 Å². The minimum Gasteiger partial charge on any atom is -0.237 e. The van der Waals surface area contributed by atoms with Gasteiger partial charge in [0.05, 0.1) is 6.61 Å². The first-order chi connectivity index (χ1) is 15.7. The van der Waals surface area contributed by atoms with Gasteiger partial charge >= 0.3 is 0 Å². The summed E-state index contributed by atoms with van der Waals surface area (Å²) >= 11 is 112. The normalized spacial score (nSPS) is 15.4. The zero-order valence-electron chi connectivity index (χ0n) is 16.6. The van der Waals surface area contributed by atoms with Crippen LogP contribution in [-0.2, 0) is 20.2 Å². The first kappa shape index (κ1) is 38.4. The quantitative estimate of drug-likeness (QED) is 0.220. The minimum absolute atomic E-state index is 0.114. The highest BCUT2D eigenvalue weighted by atomic mass is 35.6. The third-order valence-corrected chi connectivity index (χ3v) is 15.6. The van der Waals surface area contributed by atoms with Crippen molar-refractivity contribution in [3.8, 4) is 0 Å². The molecular weight excluding hydrogens is 858 g/mol. The van der Waals surface area contributed by atoms with Crippen molar-refractivity contribution in [3.63, 3.8) is 0 Å². The van der Waals surface area contributed by atoms with Crippen LogP contribution in [0.15, 0.2) is 18.2 Å². The molecule has 0 aliphatic heterocycles. The smallest absolute Gasteiger partial charge is 0.226 e. The predicted octanol–water partition coefficient (Wildman–Crippen LogP) is 12.7. The van der Waals surface area contributed by atoms with Gasteiger partial charge in [-0.1, -0.05) is 221 Å². The summed E-state index contributed by atoms with van der Waals surface area (Å²) in [6, 6.07) is 3.92. The summed E-state index contributed by atoms with van der Waals surface area (Å²) in [5.41, 5.74) is 0.0530. The van der Waals surface area contributed by atoms with Gasteiger partial charge in [-0.15, -0.1) is 0 Å². The van der Waals surface area contributed by atoms with Crippen LogP contribution in [0.1, 0.15) is 23.1 Å². The van der Waals surface area contributed by atoms with Crippen LogP contribution in [0.25, 0.3) is 0 Å². The average Bonchev–Trinajstić information content (AvgIpc) is 2.69. The molecule has 0 fully saturated rings. The van der Waals surface area contributed by atoms with Crippen LogP contribution >= 0.6 is 209 Å². The van der Waals surface area contributed by atoms with E-state index in [4.69, 9.17) is 209 Å². The van der Waals surface area contributed by atoms with E-state index in [1.54, 1.807) is 0 Å². The lowest BCUT2D eigenvalue weighted by molar-refractivity contribution is 0.189. The molecule has 19 heteroatoms. The summed E-state index contributed by atoms with van der Waals surface area (Å²) in [5, 5.41) is 11.2. The van der Waals surface area contributed by atoms with Crippen molar-refractivity contribution in [2.24, 2.45) is 0 Å². The zero-order valence-corrected chi connectivity index (χ0v) is 30.2. The molecule has 0 saturated carbocycles. The van der Waals surface area contributed by atoms with Gasteiger partial charge in [0.25, 0.3) is 0 Å². The van der Waals surface area contributed by atoms with Crippen molar-refractivity contribution in [2.45, 2.75) is 46.4 Å². The molecule has 0 spiro atoms. The minimum atomic E-state index is -2.65. The summed E-state index contributed by atoms with van der Waals surface area (Å²) < 4.78 is -20.4. The maximum Gasteiger partial charge on any atom is 0.226 e. The van der Waals surface area contributed by atoms with Crippen LogP contribution < -0.4 is 0 Å². The Bertz CT molecular complexity index is 927. The highest BCUT2D eigenvalue weighted by Gasteiger charge is 2.70. The van der Waals surface area contributed by atoms with Crippen molar-refractivity contribution >= 4 is 209 Å². The highest BCUT2D eigenvalue weighted by Crippen LogP contribution is 2.67. The van der Waals surface area contributed by atoms with Gasteiger partial charge in [0.15, 0.2) is 17.3 Å². The molecule has 1 radical (unpaired) electrons. The van der Waals surface area contributed by atoms with Crippen LogP contribution in [0.4, 0.5) is 0 Å².